The van der Waals surface area contributed by atoms with Crippen LogP contribution in [0.15, 0.2) is 72.8 Å². The fourth-order valence-corrected chi connectivity index (χ4v) is 3.53. The van der Waals surface area contributed by atoms with Crippen molar-refractivity contribution in [2.24, 2.45) is 0 Å². The van der Waals surface area contributed by atoms with E-state index in [0.717, 1.165) is 0 Å². The van der Waals surface area contributed by atoms with Crippen LogP contribution in [0.5, 0.6) is 0 Å². The minimum atomic E-state index is -5.84. The summed E-state index contributed by atoms with van der Waals surface area (Å²) >= 11 is 0. The smallest absolute Gasteiger partial charge is 0.279 e. The Morgan fingerprint density at radius 1 is 0.351 bits per heavy atom. The maximum Gasteiger partial charge on any atom is 0.522 e. The minimum Gasteiger partial charge on any atom is -0.279 e. The van der Waals surface area contributed by atoms with Crippen LogP contribution >= 0.6 is 27.7 Å². The molecular formula is C33H48F9O9P3S3. The van der Waals surface area contributed by atoms with E-state index >= 15 is 0 Å². The molecular weight excluding hydrogens is 900 g/mol. The van der Waals surface area contributed by atoms with Crippen LogP contribution in [-0.4, -0.2) is 55.4 Å². The summed E-state index contributed by atoms with van der Waals surface area (Å²) in [5.41, 5.74) is -11.6. The lowest BCUT2D eigenvalue weighted by molar-refractivity contribution is -0.0514. The van der Waals surface area contributed by atoms with E-state index in [2.05, 4.69) is 163 Å². The molecule has 0 saturated carbocycles. The van der Waals surface area contributed by atoms with Gasteiger partial charge in [0.15, 0.2) is 0 Å². The van der Waals surface area contributed by atoms with Gasteiger partial charge in [-0.2, -0.15) is 64.8 Å². The molecule has 3 aromatic carbocycles. The number of benzene rings is 3. The van der Waals surface area contributed by atoms with Gasteiger partial charge in [0, 0.05) is 0 Å². The van der Waals surface area contributed by atoms with E-state index < -0.39 is 46.9 Å². The average Bonchev–Trinajstić information content (AvgIpc) is 2.95. The first-order chi connectivity index (χ1) is 24.7. The number of hydrogen-bond donors (Lipinski definition) is 3. The van der Waals surface area contributed by atoms with Crippen molar-refractivity contribution in [3.05, 3.63) is 89.5 Å². The molecule has 3 aromatic rings. The average molecular weight is 949 g/mol. The second-order valence-electron chi connectivity index (χ2n) is 14.4. The summed E-state index contributed by atoms with van der Waals surface area (Å²) in [7, 11) is -9.44. The molecule has 57 heavy (non-hydrogen) atoms. The molecule has 0 aromatic heterocycles. The molecule has 3 N–H and O–H groups in total. The number of rotatable bonds is 0. The molecule has 0 bridgehead atoms. The third-order valence-corrected chi connectivity index (χ3v) is 9.12. The van der Waals surface area contributed by atoms with Crippen molar-refractivity contribution >= 4 is 74.0 Å². The molecule has 0 aliphatic heterocycles. The zero-order valence-corrected chi connectivity index (χ0v) is 38.0. The van der Waals surface area contributed by atoms with E-state index in [0.29, 0.717) is 0 Å². The van der Waals surface area contributed by atoms with Crippen molar-refractivity contribution in [1.82, 2.24) is 0 Å². The largest absolute Gasteiger partial charge is 0.522 e. The van der Waals surface area contributed by atoms with E-state index in [1.54, 1.807) is 0 Å². The summed E-state index contributed by atoms with van der Waals surface area (Å²) in [5, 5.41) is 3.74. The molecule has 0 radical (unpaired) electrons. The first-order valence-corrected chi connectivity index (χ1v) is 21.5. The van der Waals surface area contributed by atoms with Gasteiger partial charge in [0.25, 0.3) is 0 Å². The Morgan fingerprint density at radius 2 is 0.456 bits per heavy atom. The zero-order chi connectivity index (χ0) is 46.4. The molecule has 0 amide bonds. The van der Waals surface area contributed by atoms with Crippen LogP contribution < -0.4 is 15.9 Å². The van der Waals surface area contributed by atoms with Crippen LogP contribution in [0.4, 0.5) is 39.5 Å². The summed E-state index contributed by atoms with van der Waals surface area (Å²) in [5.74, 6) is 0. The van der Waals surface area contributed by atoms with Gasteiger partial charge in [-0.25, -0.2) is 0 Å². The number of hydrogen-bond acceptors (Lipinski definition) is 6. The number of halogens is 9. The molecule has 0 aliphatic carbocycles. The van der Waals surface area contributed by atoms with Crippen molar-refractivity contribution in [2.75, 3.05) is 0 Å². The topological polar surface area (TPSA) is 163 Å². The number of alkyl halides is 9. The van der Waals surface area contributed by atoms with Gasteiger partial charge in [-0.3, -0.25) is 13.7 Å². The predicted molar refractivity (Wildman–Crippen MR) is 216 cm³/mol. The Hall–Kier alpha value is -1.95. The molecule has 0 aliphatic rings. The van der Waals surface area contributed by atoms with E-state index in [1.165, 1.54) is 32.6 Å². The molecule has 0 fully saturated rings. The first-order valence-electron chi connectivity index (χ1n) is 15.4. The fraction of sp³-hybridized carbons (Fsp3) is 0.455. The highest BCUT2D eigenvalue weighted by atomic mass is 32.2. The Balaban J connectivity index is -0.000000619. The third kappa shape index (κ3) is 27.4. The second kappa shape index (κ2) is 22.6. The molecule has 3 unspecified atom stereocenters. The maximum atomic E-state index is 10.7. The molecule has 3 rings (SSSR count). The van der Waals surface area contributed by atoms with Crippen LogP contribution in [0.2, 0.25) is 0 Å². The SMILES string of the molecule is CC(C)(C)c1ccc(P)cc1.CC(C)(C)c1ccc(P)cc1.CC(C)(C)c1ccc(P)cc1.O=S(=O)(O)C(F)(F)F.O=S(=O)(O)C(F)(F)F.O=S(=O)(O)C(F)(F)F. The van der Waals surface area contributed by atoms with E-state index in [1.807, 2.05) is 0 Å². The second-order valence-corrected chi connectivity index (χ2v) is 20.6. The molecule has 24 heteroatoms. The molecule has 0 spiro atoms. The Kier molecular flexibility index (Phi) is 23.5. The van der Waals surface area contributed by atoms with Crippen LogP contribution in [0, 0.1) is 0 Å². The molecule has 3 atom stereocenters. The Bertz CT molecular complexity index is 1740. The first kappa shape index (κ1) is 59.4. The van der Waals surface area contributed by atoms with E-state index in [-0.39, 0.29) is 16.2 Å². The van der Waals surface area contributed by atoms with Gasteiger partial charge in [0.1, 0.15) is 0 Å². The quantitative estimate of drug-likeness (QED) is 0.0867. The van der Waals surface area contributed by atoms with Crippen LogP contribution in [0.25, 0.3) is 0 Å². The summed E-state index contributed by atoms with van der Waals surface area (Å²) < 4.78 is 173. The summed E-state index contributed by atoms with van der Waals surface area (Å²) in [4.78, 5) is 0. The molecule has 330 valence electrons. The highest BCUT2D eigenvalue weighted by molar-refractivity contribution is 7.87. The minimum absolute atomic E-state index is 0.276. The van der Waals surface area contributed by atoms with Crippen LogP contribution in [0.1, 0.15) is 79.0 Å². The van der Waals surface area contributed by atoms with Crippen LogP contribution in [-0.2, 0) is 46.6 Å². The summed E-state index contributed by atoms with van der Waals surface area (Å²) in [6.45, 7) is 20.0. The van der Waals surface area contributed by atoms with Crippen molar-refractivity contribution in [3.8, 4) is 0 Å². The fourth-order valence-electron chi connectivity index (χ4n) is 2.95. The summed E-state index contributed by atoms with van der Waals surface area (Å²) in [6.07, 6.45) is 0. The van der Waals surface area contributed by atoms with Crippen molar-refractivity contribution in [2.45, 2.75) is 95.1 Å². The van der Waals surface area contributed by atoms with Gasteiger partial charge in [-0.05, 0) is 48.8 Å². The monoisotopic (exact) mass is 948 g/mol. The van der Waals surface area contributed by atoms with Gasteiger partial charge in [0.05, 0.1) is 0 Å². The van der Waals surface area contributed by atoms with Crippen molar-refractivity contribution in [1.29, 1.82) is 0 Å². The van der Waals surface area contributed by atoms with Gasteiger partial charge >= 0.3 is 46.9 Å². The van der Waals surface area contributed by atoms with E-state index in [9.17, 15) is 39.5 Å². The van der Waals surface area contributed by atoms with Crippen molar-refractivity contribution < 1.29 is 78.4 Å². The normalized spacial score (nSPS) is 12.6. The van der Waals surface area contributed by atoms with Gasteiger partial charge < -0.3 is 0 Å². The standard InChI is InChI=1S/3C10H15P.3CHF3O3S/c3*1-10(2,3)8-4-6-9(11)7-5-8;3*2-1(3,4)8(5,6)7/h3*4-7H,11H2,1-3H3;3*(H,5,6,7). The third-order valence-electron chi connectivity index (χ3n) is 6.21. The lowest BCUT2D eigenvalue weighted by Crippen LogP contribution is -2.21. The van der Waals surface area contributed by atoms with Gasteiger partial charge in [-0.1, -0.05) is 135 Å². The Morgan fingerprint density at radius 3 is 0.526 bits per heavy atom. The highest BCUT2D eigenvalue weighted by Gasteiger charge is 2.45. The zero-order valence-electron chi connectivity index (χ0n) is 32.1. The lowest BCUT2D eigenvalue weighted by atomic mass is 9.87. The Labute approximate surface area is 335 Å². The molecule has 0 saturated heterocycles. The van der Waals surface area contributed by atoms with Crippen molar-refractivity contribution in [3.63, 3.8) is 0 Å². The van der Waals surface area contributed by atoms with E-state index in [4.69, 9.17) is 38.9 Å². The summed E-state index contributed by atoms with van der Waals surface area (Å²) in [6, 6.07) is 25.9. The maximum absolute atomic E-state index is 10.7. The molecule has 9 nitrogen and oxygen atoms in total. The highest BCUT2D eigenvalue weighted by Crippen LogP contribution is 2.24. The lowest BCUT2D eigenvalue weighted by Gasteiger charge is -2.18. The molecule has 0 heterocycles. The van der Waals surface area contributed by atoms with Gasteiger partial charge in [-0.15, -0.1) is 27.7 Å². The predicted octanol–water partition coefficient (Wildman–Crippen LogP) is 8.64. The van der Waals surface area contributed by atoms with Crippen LogP contribution in [0.3, 0.4) is 0 Å². The van der Waals surface area contributed by atoms with Gasteiger partial charge in [0.2, 0.25) is 0 Å².